The van der Waals surface area contributed by atoms with Gasteiger partial charge in [-0.15, -0.1) is 0 Å². The van der Waals surface area contributed by atoms with Gasteiger partial charge in [0.05, 0.1) is 0 Å². The number of nitrogens with zero attached hydrogens (tertiary/aromatic N) is 2. The second kappa shape index (κ2) is 3.40. The van der Waals surface area contributed by atoms with E-state index in [1.165, 1.54) is 0 Å². The molecule has 0 aliphatic heterocycles. The van der Waals surface area contributed by atoms with Gasteiger partial charge in [-0.05, 0) is 17.4 Å². The van der Waals surface area contributed by atoms with Crippen LogP contribution in [0.4, 0.5) is 5.82 Å². The molecule has 1 unspecified atom stereocenters. The highest BCUT2D eigenvalue weighted by Crippen LogP contribution is 2.26. The van der Waals surface area contributed by atoms with E-state index in [2.05, 4.69) is 32.8 Å². The summed E-state index contributed by atoms with van der Waals surface area (Å²) in [6.45, 7) is 9.89. The van der Waals surface area contributed by atoms with E-state index in [0.29, 0.717) is 17.2 Å². The zero-order valence-corrected chi connectivity index (χ0v) is 8.91. The molecule has 1 rings (SSSR count). The molecule has 0 bridgehead atoms. The highest BCUT2D eigenvalue weighted by atomic mass is 15.3. The Bertz CT molecular complexity index is 270. The molecule has 1 heterocycles. The van der Waals surface area contributed by atoms with E-state index in [1.807, 2.05) is 16.9 Å². The Kier molecular flexibility index (Phi) is 2.64. The summed E-state index contributed by atoms with van der Waals surface area (Å²) < 4.78 is 1.91. The van der Waals surface area contributed by atoms with E-state index >= 15 is 0 Å². The molecule has 13 heavy (non-hydrogen) atoms. The first-order chi connectivity index (χ1) is 5.89. The quantitative estimate of drug-likeness (QED) is 0.759. The highest BCUT2D eigenvalue weighted by Gasteiger charge is 2.20. The Labute approximate surface area is 79.9 Å². The average molecular weight is 181 g/mol. The summed E-state index contributed by atoms with van der Waals surface area (Å²) in [6.07, 6.45) is 1.93. The maximum Gasteiger partial charge on any atom is 0.145 e. The van der Waals surface area contributed by atoms with E-state index in [1.54, 1.807) is 0 Å². The van der Waals surface area contributed by atoms with Gasteiger partial charge in [0.1, 0.15) is 5.82 Å². The molecule has 74 valence electrons. The van der Waals surface area contributed by atoms with Gasteiger partial charge in [-0.25, -0.2) is 0 Å². The zero-order chi connectivity index (χ0) is 10.1. The van der Waals surface area contributed by atoms with Gasteiger partial charge in [0.2, 0.25) is 0 Å². The lowest BCUT2D eigenvalue weighted by Crippen LogP contribution is -2.22. The number of anilines is 1. The Hall–Kier alpha value is -0.990. The molecule has 0 aliphatic carbocycles. The molecule has 1 aromatic heterocycles. The van der Waals surface area contributed by atoms with Gasteiger partial charge in [0.25, 0.3) is 0 Å². The van der Waals surface area contributed by atoms with Crippen molar-refractivity contribution in [1.29, 1.82) is 0 Å². The molecule has 0 fully saturated rings. The molecular formula is C10H19N3. The number of hydrogen-bond acceptors (Lipinski definition) is 2. The van der Waals surface area contributed by atoms with Crippen molar-refractivity contribution in [2.24, 2.45) is 11.3 Å². The van der Waals surface area contributed by atoms with Crippen LogP contribution in [0.5, 0.6) is 0 Å². The SMILES string of the molecule is CC(Cn1ccc(N)n1)C(C)(C)C. The van der Waals surface area contributed by atoms with E-state index in [4.69, 9.17) is 5.73 Å². The van der Waals surface area contributed by atoms with E-state index in [0.717, 1.165) is 6.54 Å². The topological polar surface area (TPSA) is 43.8 Å². The lowest BCUT2D eigenvalue weighted by Gasteiger charge is -2.26. The Morgan fingerprint density at radius 1 is 1.54 bits per heavy atom. The molecule has 0 saturated heterocycles. The molecule has 3 nitrogen and oxygen atoms in total. The largest absolute Gasteiger partial charge is 0.382 e. The van der Waals surface area contributed by atoms with E-state index in [9.17, 15) is 0 Å². The molecule has 1 atom stereocenters. The van der Waals surface area contributed by atoms with Crippen LogP contribution in [0.15, 0.2) is 12.3 Å². The van der Waals surface area contributed by atoms with Gasteiger partial charge in [-0.1, -0.05) is 27.7 Å². The second-order valence-electron chi connectivity index (χ2n) is 4.73. The molecule has 0 aromatic carbocycles. The average Bonchev–Trinajstić information content (AvgIpc) is 2.33. The number of aromatic nitrogens is 2. The fourth-order valence-corrected chi connectivity index (χ4v) is 1.03. The molecule has 1 aromatic rings. The van der Waals surface area contributed by atoms with Crippen molar-refractivity contribution in [2.45, 2.75) is 34.2 Å². The molecule has 0 radical (unpaired) electrons. The third-order valence-corrected chi connectivity index (χ3v) is 2.60. The van der Waals surface area contributed by atoms with Crippen LogP contribution in [0, 0.1) is 11.3 Å². The molecule has 2 N–H and O–H groups in total. The standard InChI is InChI=1S/C10H19N3/c1-8(10(2,3)4)7-13-6-5-9(11)12-13/h5-6,8H,7H2,1-4H3,(H2,11,12). The summed E-state index contributed by atoms with van der Waals surface area (Å²) in [5.41, 5.74) is 5.85. The van der Waals surface area contributed by atoms with Crippen molar-refractivity contribution in [2.75, 3.05) is 5.73 Å². The van der Waals surface area contributed by atoms with Gasteiger partial charge in [0.15, 0.2) is 0 Å². The van der Waals surface area contributed by atoms with Crippen molar-refractivity contribution in [3.8, 4) is 0 Å². The van der Waals surface area contributed by atoms with Crippen LogP contribution in [-0.4, -0.2) is 9.78 Å². The van der Waals surface area contributed by atoms with Gasteiger partial charge >= 0.3 is 0 Å². The Balaban J connectivity index is 2.60. The maximum atomic E-state index is 5.53. The number of nitrogens with two attached hydrogens (primary N) is 1. The molecule has 0 spiro atoms. The molecule has 0 amide bonds. The van der Waals surface area contributed by atoms with Gasteiger partial charge in [-0.3, -0.25) is 4.68 Å². The van der Waals surface area contributed by atoms with Crippen molar-refractivity contribution < 1.29 is 0 Å². The summed E-state index contributed by atoms with van der Waals surface area (Å²) in [6, 6.07) is 1.83. The fourth-order valence-electron chi connectivity index (χ4n) is 1.03. The van der Waals surface area contributed by atoms with Crippen LogP contribution in [0.1, 0.15) is 27.7 Å². The lowest BCUT2D eigenvalue weighted by atomic mass is 9.82. The third kappa shape index (κ3) is 2.76. The zero-order valence-electron chi connectivity index (χ0n) is 8.91. The first-order valence-electron chi connectivity index (χ1n) is 4.68. The van der Waals surface area contributed by atoms with Crippen molar-refractivity contribution in [3.63, 3.8) is 0 Å². The Morgan fingerprint density at radius 2 is 2.15 bits per heavy atom. The van der Waals surface area contributed by atoms with E-state index < -0.39 is 0 Å². The summed E-state index contributed by atoms with van der Waals surface area (Å²) in [7, 11) is 0. The minimum atomic E-state index is 0.320. The monoisotopic (exact) mass is 181 g/mol. The second-order valence-corrected chi connectivity index (χ2v) is 4.73. The third-order valence-electron chi connectivity index (χ3n) is 2.60. The number of hydrogen-bond donors (Lipinski definition) is 1. The van der Waals surface area contributed by atoms with Crippen LogP contribution >= 0.6 is 0 Å². The smallest absolute Gasteiger partial charge is 0.145 e. The predicted octanol–water partition coefficient (Wildman–Crippen LogP) is 2.15. The maximum absolute atomic E-state index is 5.53. The Morgan fingerprint density at radius 3 is 2.54 bits per heavy atom. The molecule has 3 heteroatoms. The van der Waals surface area contributed by atoms with Crippen LogP contribution in [0.25, 0.3) is 0 Å². The van der Waals surface area contributed by atoms with Crippen LogP contribution in [0.3, 0.4) is 0 Å². The fraction of sp³-hybridized carbons (Fsp3) is 0.700. The van der Waals surface area contributed by atoms with Crippen LogP contribution in [-0.2, 0) is 6.54 Å². The molecule has 0 aliphatic rings. The predicted molar refractivity (Wildman–Crippen MR) is 55.3 cm³/mol. The van der Waals surface area contributed by atoms with Crippen molar-refractivity contribution >= 4 is 5.82 Å². The minimum absolute atomic E-state index is 0.320. The summed E-state index contributed by atoms with van der Waals surface area (Å²) in [4.78, 5) is 0. The van der Waals surface area contributed by atoms with Crippen LogP contribution < -0.4 is 5.73 Å². The van der Waals surface area contributed by atoms with Crippen molar-refractivity contribution in [1.82, 2.24) is 9.78 Å². The minimum Gasteiger partial charge on any atom is -0.382 e. The first-order valence-corrected chi connectivity index (χ1v) is 4.68. The summed E-state index contributed by atoms with van der Waals surface area (Å²) >= 11 is 0. The number of rotatable bonds is 2. The highest BCUT2D eigenvalue weighted by molar-refractivity contribution is 5.23. The normalized spacial score (nSPS) is 14.5. The summed E-state index contributed by atoms with van der Waals surface area (Å²) in [5, 5.41) is 4.16. The first kappa shape index (κ1) is 10.1. The van der Waals surface area contributed by atoms with Gasteiger partial charge in [0, 0.05) is 12.7 Å². The van der Waals surface area contributed by atoms with Crippen molar-refractivity contribution in [3.05, 3.63) is 12.3 Å². The molecule has 0 saturated carbocycles. The molecular weight excluding hydrogens is 162 g/mol. The van der Waals surface area contributed by atoms with Crippen LogP contribution in [0.2, 0.25) is 0 Å². The number of nitrogen functional groups attached to an aromatic ring is 1. The lowest BCUT2D eigenvalue weighted by molar-refractivity contribution is 0.226. The summed E-state index contributed by atoms with van der Waals surface area (Å²) in [5.74, 6) is 1.19. The van der Waals surface area contributed by atoms with Gasteiger partial charge in [-0.2, -0.15) is 5.10 Å². The van der Waals surface area contributed by atoms with Gasteiger partial charge < -0.3 is 5.73 Å². The van der Waals surface area contributed by atoms with E-state index in [-0.39, 0.29) is 0 Å².